The largest absolute Gasteiger partial charge is 0.339 e. The van der Waals surface area contributed by atoms with Crippen molar-refractivity contribution in [3.63, 3.8) is 0 Å². The molecule has 3 aromatic heterocycles. The third kappa shape index (κ3) is 2.64. The molecular weight excluding hydrogens is 308 g/mol. The number of hydrogen-bond acceptors (Lipinski definition) is 6. The maximum absolute atomic E-state index is 12.7. The molecular formula is C16H18N6O2. The van der Waals surface area contributed by atoms with E-state index in [1.165, 1.54) is 0 Å². The molecule has 1 saturated carbocycles. The highest BCUT2D eigenvalue weighted by Crippen LogP contribution is 2.38. The first kappa shape index (κ1) is 14.8. The van der Waals surface area contributed by atoms with E-state index in [1.54, 1.807) is 23.5 Å². The SMILES string of the molecule is CCN(Cc1noc(C2CC2)n1)C(=O)c1cnc2c(c1)ncn2C. The topological polar surface area (TPSA) is 89.9 Å². The minimum Gasteiger partial charge on any atom is -0.339 e. The molecule has 0 aliphatic heterocycles. The number of imidazole rings is 1. The van der Waals surface area contributed by atoms with Crippen molar-refractivity contribution in [1.82, 2.24) is 29.6 Å². The molecule has 124 valence electrons. The number of hydrogen-bond donors (Lipinski definition) is 0. The second kappa shape index (κ2) is 5.70. The molecule has 4 rings (SSSR count). The summed E-state index contributed by atoms with van der Waals surface area (Å²) >= 11 is 0. The minimum atomic E-state index is -0.115. The lowest BCUT2D eigenvalue weighted by molar-refractivity contribution is 0.0747. The Labute approximate surface area is 138 Å². The Morgan fingerprint density at radius 3 is 3.00 bits per heavy atom. The summed E-state index contributed by atoms with van der Waals surface area (Å²) < 4.78 is 7.07. The highest BCUT2D eigenvalue weighted by Gasteiger charge is 2.30. The summed E-state index contributed by atoms with van der Waals surface area (Å²) in [4.78, 5) is 27.4. The van der Waals surface area contributed by atoms with Gasteiger partial charge in [-0.1, -0.05) is 5.16 Å². The molecule has 1 fully saturated rings. The number of amides is 1. The van der Waals surface area contributed by atoms with Crippen LogP contribution < -0.4 is 0 Å². The van der Waals surface area contributed by atoms with Gasteiger partial charge in [-0.15, -0.1) is 0 Å². The molecule has 0 spiro atoms. The van der Waals surface area contributed by atoms with Gasteiger partial charge in [-0.05, 0) is 25.8 Å². The normalized spacial score (nSPS) is 14.2. The van der Waals surface area contributed by atoms with Gasteiger partial charge in [-0.25, -0.2) is 9.97 Å². The lowest BCUT2D eigenvalue weighted by atomic mass is 10.2. The predicted octanol–water partition coefficient (Wildman–Crippen LogP) is 1.89. The Balaban J connectivity index is 1.54. The van der Waals surface area contributed by atoms with Gasteiger partial charge in [0.2, 0.25) is 5.89 Å². The van der Waals surface area contributed by atoms with Crippen LogP contribution in [0.5, 0.6) is 0 Å². The monoisotopic (exact) mass is 326 g/mol. The van der Waals surface area contributed by atoms with E-state index in [4.69, 9.17) is 4.52 Å². The molecule has 0 unspecified atom stereocenters. The van der Waals surface area contributed by atoms with Crippen LogP contribution in [0.15, 0.2) is 23.1 Å². The zero-order valence-corrected chi connectivity index (χ0v) is 13.6. The quantitative estimate of drug-likeness (QED) is 0.711. The molecule has 0 aromatic carbocycles. The molecule has 0 bridgehead atoms. The number of aryl methyl sites for hydroxylation is 1. The van der Waals surface area contributed by atoms with Gasteiger partial charge >= 0.3 is 0 Å². The molecule has 0 N–H and O–H groups in total. The summed E-state index contributed by atoms with van der Waals surface area (Å²) in [5.74, 6) is 1.52. The summed E-state index contributed by atoms with van der Waals surface area (Å²) in [6, 6.07) is 1.76. The van der Waals surface area contributed by atoms with Crippen LogP contribution in [0, 0.1) is 0 Å². The number of aromatic nitrogens is 5. The summed E-state index contributed by atoms with van der Waals surface area (Å²) in [5.41, 5.74) is 1.96. The van der Waals surface area contributed by atoms with Gasteiger partial charge in [0, 0.05) is 25.7 Å². The maximum Gasteiger partial charge on any atom is 0.255 e. The van der Waals surface area contributed by atoms with Crippen LogP contribution in [-0.2, 0) is 13.6 Å². The number of carbonyl (C=O) groups is 1. The Kier molecular flexibility index (Phi) is 3.51. The highest BCUT2D eigenvalue weighted by atomic mass is 16.5. The second-order valence-electron chi connectivity index (χ2n) is 6.06. The summed E-state index contributed by atoms with van der Waals surface area (Å²) in [6.45, 7) is 2.80. The van der Waals surface area contributed by atoms with Crippen LogP contribution in [0.25, 0.3) is 11.2 Å². The lowest BCUT2D eigenvalue weighted by Crippen LogP contribution is -2.30. The molecule has 8 nitrogen and oxygen atoms in total. The number of carbonyl (C=O) groups excluding carboxylic acids is 1. The van der Waals surface area contributed by atoms with E-state index in [-0.39, 0.29) is 5.91 Å². The van der Waals surface area contributed by atoms with Crippen molar-refractivity contribution in [2.75, 3.05) is 6.54 Å². The molecule has 8 heteroatoms. The van der Waals surface area contributed by atoms with Crippen LogP contribution in [0.3, 0.4) is 0 Å². The van der Waals surface area contributed by atoms with Crippen molar-refractivity contribution in [3.8, 4) is 0 Å². The van der Waals surface area contributed by atoms with Crippen molar-refractivity contribution in [2.24, 2.45) is 7.05 Å². The summed E-state index contributed by atoms with van der Waals surface area (Å²) in [6.07, 6.45) is 5.48. The third-order valence-corrected chi connectivity index (χ3v) is 4.21. The van der Waals surface area contributed by atoms with Gasteiger partial charge in [0.05, 0.1) is 18.4 Å². The molecule has 0 radical (unpaired) electrons. The average molecular weight is 326 g/mol. The third-order valence-electron chi connectivity index (χ3n) is 4.21. The molecule has 1 aliphatic rings. The maximum atomic E-state index is 12.7. The van der Waals surface area contributed by atoms with Gasteiger partial charge in [0.25, 0.3) is 5.91 Å². The zero-order valence-electron chi connectivity index (χ0n) is 13.6. The van der Waals surface area contributed by atoms with E-state index >= 15 is 0 Å². The molecule has 1 amide bonds. The zero-order chi connectivity index (χ0) is 16.7. The second-order valence-corrected chi connectivity index (χ2v) is 6.06. The fourth-order valence-electron chi connectivity index (χ4n) is 2.64. The number of nitrogens with zero attached hydrogens (tertiary/aromatic N) is 6. The average Bonchev–Trinajstić information content (AvgIpc) is 3.24. The van der Waals surface area contributed by atoms with Crippen molar-refractivity contribution in [3.05, 3.63) is 35.9 Å². The molecule has 1 aliphatic carbocycles. The summed E-state index contributed by atoms with van der Waals surface area (Å²) in [7, 11) is 1.87. The molecule has 3 heterocycles. The Bertz CT molecular complexity index is 895. The van der Waals surface area contributed by atoms with Crippen LogP contribution in [0.2, 0.25) is 0 Å². The molecule has 3 aromatic rings. The smallest absolute Gasteiger partial charge is 0.255 e. The highest BCUT2D eigenvalue weighted by molar-refractivity contribution is 5.96. The Hall–Kier alpha value is -2.77. The van der Waals surface area contributed by atoms with Crippen molar-refractivity contribution < 1.29 is 9.32 Å². The van der Waals surface area contributed by atoms with Crippen molar-refractivity contribution >= 4 is 17.1 Å². The van der Waals surface area contributed by atoms with Crippen molar-refractivity contribution in [1.29, 1.82) is 0 Å². The summed E-state index contributed by atoms with van der Waals surface area (Å²) in [5, 5.41) is 3.98. The Morgan fingerprint density at radius 1 is 1.42 bits per heavy atom. The van der Waals surface area contributed by atoms with E-state index in [2.05, 4.69) is 20.1 Å². The van der Waals surface area contributed by atoms with Gasteiger partial charge < -0.3 is 14.0 Å². The first-order chi connectivity index (χ1) is 11.7. The first-order valence-corrected chi connectivity index (χ1v) is 8.04. The van der Waals surface area contributed by atoms with Crippen molar-refractivity contribution in [2.45, 2.75) is 32.2 Å². The van der Waals surface area contributed by atoms with Gasteiger partial charge in [-0.3, -0.25) is 4.79 Å². The van der Waals surface area contributed by atoms with Gasteiger partial charge in [0.1, 0.15) is 5.52 Å². The lowest BCUT2D eigenvalue weighted by Gasteiger charge is -2.18. The molecule has 0 saturated heterocycles. The van der Waals surface area contributed by atoms with E-state index in [0.717, 1.165) is 18.5 Å². The minimum absolute atomic E-state index is 0.115. The van der Waals surface area contributed by atoms with Gasteiger partial charge in [-0.2, -0.15) is 4.98 Å². The van der Waals surface area contributed by atoms with Gasteiger partial charge in [0.15, 0.2) is 11.5 Å². The van der Waals surface area contributed by atoms with E-state index in [1.807, 2.05) is 18.5 Å². The number of rotatable bonds is 5. The standard InChI is InChI=1S/C16H18N6O2/c1-3-22(8-13-19-15(24-20-13)10-4-5-10)16(23)11-6-12-14(17-7-11)21(2)9-18-12/h6-7,9-10H,3-5,8H2,1-2H3. The fraction of sp³-hybridized carbons (Fsp3) is 0.438. The number of fused-ring (bicyclic) bond motifs is 1. The van der Waals surface area contributed by atoms with Crippen LogP contribution >= 0.6 is 0 Å². The van der Waals surface area contributed by atoms with Crippen LogP contribution in [0.1, 0.15) is 47.8 Å². The molecule has 0 atom stereocenters. The molecule has 24 heavy (non-hydrogen) atoms. The van der Waals surface area contributed by atoms with Crippen LogP contribution in [-0.4, -0.2) is 42.0 Å². The Morgan fingerprint density at radius 2 is 2.25 bits per heavy atom. The van der Waals surface area contributed by atoms with E-state index in [9.17, 15) is 4.79 Å². The van der Waals surface area contributed by atoms with E-state index in [0.29, 0.717) is 41.8 Å². The fourth-order valence-corrected chi connectivity index (χ4v) is 2.64. The van der Waals surface area contributed by atoms with E-state index < -0.39 is 0 Å². The van der Waals surface area contributed by atoms with Crippen LogP contribution in [0.4, 0.5) is 0 Å². The number of pyridine rings is 1. The predicted molar refractivity (Wildman–Crippen MR) is 85.2 cm³/mol. The first-order valence-electron chi connectivity index (χ1n) is 8.04.